The standard InChI is InChI=1S/C17H21NO5S/c19-16(17-8-11-5-12(9-17)7-13(6-11)10-17)18-14-1-3-15(4-2-14)23-24(20,21)22/h1-4,11-13H,5-10H2,(H,18,19)(H,20,21,22). The van der Waals surface area contributed by atoms with E-state index >= 15 is 0 Å². The van der Waals surface area contributed by atoms with Crippen LogP contribution in [-0.2, 0) is 15.2 Å². The van der Waals surface area contributed by atoms with Crippen molar-refractivity contribution in [1.29, 1.82) is 0 Å². The fraction of sp³-hybridized carbons (Fsp3) is 0.588. The van der Waals surface area contributed by atoms with Gasteiger partial charge in [0.1, 0.15) is 5.75 Å². The molecule has 0 atom stereocenters. The molecular formula is C17H21NO5S. The van der Waals surface area contributed by atoms with Gasteiger partial charge in [0.2, 0.25) is 5.91 Å². The van der Waals surface area contributed by atoms with Crippen LogP contribution in [0.25, 0.3) is 0 Å². The lowest BCUT2D eigenvalue weighted by molar-refractivity contribution is -0.140. The highest BCUT2D eigenvalue weighted by atomic mass is 32.3. The molecule has 4 aliphatic rings. The van der Waals surface area contributed by atoms with Crippen LogP contribution in [0.1, 0.15) is 38.5 Å². The summed E-state index contributed by atoms with van der Waals surface area (Å²) in [6.45, 7) is 0. The van der Waals surface area contributed by atoms with Crippen LogP contribution in [0.3, 0.4) is 0 Å². The molecule has 0 aromatic heterocycles. The second-order valence-electron chi connectivity index (χ2n) is 7.69. The molecule has 1 aromatic rings. The fourth-order valence-corrected chi connectivity index (χ4v) is 5.72. The van der Waals surface area contributed by atoms with E-state index in [2.05, 4.69) is 9.50 Å². The third-order valence-corrected chi connectivity index (χ3v) is 6.24. The Bertz CT molecular complexity index is 720. The Morgan fingerprint density at radius 2 is 1.54 bits per heavy atom. The van der Waals surface area contributed by atoms with E-state index in [4.69, 9.17) is 4.55 Å². The van der Waals surface area contributed by atoms with E-state index in [1.165, 1.54) is 31.4 Å². The van der Waals surface area contributed by atoms with E-state index in [1.807, 2.05) is 0 Å². The Morgan fingerprint density at radius 1 is 1.04 bits per heavy atom. The molecule has 1 amide bonds. The number of rotatable bonds is 4. The monoisotopic (exact) mass is 351 g/mol. The first-order valence-electron chi connectivity index (χ1n) is 8.40. The predicted octanol–water partition coefficient (Wildman–Crippen LogP) is 3.02. The van der Waals surface area contributed by atoms with Crippen molar-refractivity contribution in [1.82, 2.24) is 0 Å². The maximum Gasteiger partial charge on any atom is 0.446 e. The summed E-state index contributed by atoms with van der Waals surface area (Å²) in [5, 5.41) is 2.98. The molecule has 2 N–H and O–H groups in total. The Kier molecular flexibility index (Phi) is 3.61. The number of nitrogens with one attached hydrogen (secondary N) is 1. The van der Waals surface area contributed by atoms with Gasteiger partial charge in [0.25, 0.3) is 0 Å². The quantitative estimate of drug-likeness (QED) is 0.814. The zero-order chi connectivity index (χ0) is 16.9. The van der Waals surface area contributed by atoms with Crippen LogP contribution in [0, 0.1) is 23.2 Å². The summed E-state index contributed by atoms with van der Waals surface area (Å²) in [4.78, 5) is 12.9. The van der Waals surface area contributed by atoms with Crippen molar-refractivity contribution in [2.75, 3.05) is 5.32 Å². The number of carbonyl (C=O) groups excluding carboxylic acids is 1. The average Bonchev–Trinajstić information content (AvgIpc) is 2.46. The van der Waals surface area contributed by atoms with Crippen LogP contribution < -0.4 is 9.50 Å². The van der Waals surface area contributed by atoms with Gasteiger partial charge in [0.15, 0.2) is 0 Å². The van der Waals surface area contributed by atoms with E-state index in [9.17, 15) is 13.2 Å². The molecule has 0 aliphatic heterocycles. The third-order valence-electron chi connectivity index (χ3n) is 5.83. The molecule has 0 unspecified atom stereocenters. The molecule has 6 nitrogen and oxygen atoms in total. The second kappa shape index (κ2) is 5.46. The summed E-state index contributed by atoms with van der Waals surface area (Å²) in [6, 6.07) is 5.98. The zero-order valence-electron chi connectivity index (χ0n) is 13.3. The summed E-state index contributed by atoms with van der Waals surface area (Å²) < 4.78 is 34.4. The number of carbonyl (C=O) groups is 1. The Labute approximate surface area is 141 Å². The van der Waals surface area contributed by atoms with Gasteiger partial charge in [0, 0.05) is 5.69 Å². The predicted molar refractivity (Wildman–Crippen MR) is 87.9 cm³/mol. The minimum atomic E-state index is -4.53. The van der Waals surface area contributed by atoms with Crippen molar-refractivity contribution < 1.29 is 21.9 Å². The highest BCUT2D eigenvalue weighted by molar-refractivity contribution is 7.81. The van der Waals surface area contributed by atoms with Crippen LogP contribution in [0.5, 0.6) is 5.75 Å². The highest BCUT2D eigenvalue weighted by Crippen LogP contribution is 2.60. The molecule has 0 saturated heterocycles. The number of hydrogen-bond acceptors (Lipinski definition) is 4. The summed E-state index contributed by atoms with van der Waals surface area (Å²) >= 11 is 0. The molecule has 4 bridgehead atoms. The number of hydrogen-bond donors (Lipinski definition) is 2. The molecule has 0 heterocycles. The summed E-state index contributed by atoms with van der Waals surface area (Å²) in [7, 11) is -4.53. The van der Waals surface area contributed by atoms with Crippen LogP contribution in [-0.4, -0.2) is 18.9 Å². The summed E-state index contributed by atoms with van der Waals surface area (Å²) in [6.07, 6.45) is 6.84. The van der Waals surface area contributed by atoms with Crippen LogP contribution in [0.15, 0.2) is 24.3 Å². The third kappa shape index (κ3) is 3.02. The summed E-state index contributed by atoms with van der Waals surface area (Å²) in [5.41, 5.74) is 0.386. The maximum atomic E-state index is 12.9. The van der Waals surface area contributed by atoms with Gasteiger partial charge in [-0.15, -0.1) is 0 Å². The Morgan fingerprint density at radius 3 is 2.00 bits per heavy atom. The Balaban J connectivity index is 1.46. The molecule has 0 radical (unpaired) electrons. The van der Waals surface area contributed by atoms with Gasteiger partial charge in [-0.3, -0.25) is 9.35 Å². The molecule has 7 heteroatoms. The lowest BCUT2D eigenvalue weighted by atomic mass is 9.49. The van der Waals surface area contributed by atoms with E-state index < -0.39 is 10.4 Å². The first-order valence-corrected chi connectivity index (χ1v) is 9.76. The number of anilines is 1. The lowest BCUT2D eigenvalue weighted by Gasteiger charge is -2.55. The van der Waals surface area contributed by atoms with Gasteiger partial charge in [0.05, 0.1) is 5.41 Å². The van der Waals surface area contributed by atoms with Crippen LogP contribution >= 0.6 is 0 Å². The number of amides is 1. The average molecular weight is 351 g/mol. The lowest BCUT2D eigenvalue weighted by Crippen LogP contribution is -2.51. The van der Waals surface area contributed by atoms with Gasteiger partial charge in [-0.25, -0.2) is 0 Å². The van der Waals surface area contributed by atoms with Crippen molar-refractivity contribution in [2.45, 2.75) is 38.5 Å². The fourth-order valence-electron chi connectivity index (χ4n) is 5.37. The maximum absolute atomic E-state index is 12.9. The zero-order valence-corrected chi connectivity index (χ0v) is 14.1. The minimum absolute atomic E-state index is 0.00491. The van der Waals surface area contributed by atoms with Crippen molar-refractivity contribution in [3.8, 4) is 5.75 Å². The molecule has 130 valence electrons. The van der Waals surface area contributed by atoms with Crippen LogP contribution in [0.4, 0.5) is 5.69 Å². The number of benzene rings is 1. The van der Waals surface area contributed by atoms with Crippen molar-refractivity contribution in [3.63, 3.8) is 0 Å². The first-order chi connectivity index (χ1) is 11.3. The molecule has 5 rings (SSSR count). The molecule has 24 heavy (non-hydrogen) atoms. The molecule has 4 aliphatic carbocycles. The van der Waals surface area contributed by atoms with E-state index in [1.54, 1.807) is 12.1 Å². The SMILES string of the molecule is O=C(Nc1ccc(OS(=O)(=O)O)cc1)C12CC3CC(CC(C3)C1)C2. The first kappa shape index (κ1) is 15.9. The molecular weight excluding hydrogens is 330 g/mol. The smallest absolute Gasteiger partial charge is 0.362 e. The normalized spacial score (nSPS) is 34.1. The van der Waals surface area contributed by atoms with Crippen molar-refractivity contribution >= 4 is 22.0 Å². The van der Waals surface area contributed by atoms with Crippen molar-refractivity contribution in [3.05, 3.63) is 24.3 Å². The topological polar surface area (TPSA) is 92.7 Å². The highest BCUT2D eigenvalue weighted by Gasteiger charge is 2.54. The van der Waals surface area contributed by atoms with Gasteiger partial charge in [-0.1, -0.05) is 0 Å². The summed E-state index contributed by atoms with van der Waals surface area (Å²) in [5.74, 6) is 2.20. The molecule has 1 aromatic carbocycles. The van der Waals surface area contributed by atoms with E-state index in [-0.39, 0.29) is 17.1 Å². The second-order valence-corrected chi connectivity index (χ2v) is 8.71. The van der Waals surface area contributed by atoms with E-state index in [0.29, 0.717) is 23.4 Å². The molecule has 4 saturated carbocycles. The van der Waals surface area contributed by atoms with Gasteiger partial charge in [-0.05, 0) is 80.5 Å². The van der Waals surface area contributed by atoms with E-state index in [0.717, 1.165) is 19.3 Å². The molecule has 0 spiro atoms. The molecule has 4 fully saturated rings. The largest absolute Gasteiger partial charge is 0.446 e. The minimum Gasteiger partial charge on any atom is -0.362 e. The Hall–Kier alpha value is -1.60. The van der Waals surface area contributed by atoms with Crippen LogP contribution in [0.2, 0.25) is 0 Å². The van der Waals surface area contributed by atoms with Gasteiger partial charge >= 0.3 is 10.4 Å². The van der Waals surface area contributed by atoms with Gasteiger partial charge in [-0.2, -0.15) is 8.42 Å². The van der Waals surface area contributed by atoms with Gasteiger partial charge < -0.3 is 9.50 Å². The van der Waals surface area contributed by atoms with Crippen molar-refractivity contribution in [2.24, 2.45) is 23.2 Å².